The van der Waals surface area contributed by atoms with Gasteiger partial charge in [0.25, 0.3) is 0 Å². The summed E-state index contributed by atoms with van der Waals surface area (Å²) in [7, 11) is 0. The molecule has 3 nitrogen and oxygen atoms in total. The minimum Gasteiger partial charge on any atom is -0.309 e. The van der Waals surface area contributed by atoms with Gasteiger partial charge in [-0.25, -0.2) is 5.84 Å². The Labute approximate surface area is 114 Å². The Balaban J connectivity index is 2.09. The molecule has 0 aliphatic heterocycles. The van der Waals surface area contributed by atoms with Crippen LogP contribution in [0.5, 0.6) is 0 Å². The molecule has 0 amide bonds. The van der Waals surface area contributed by atoms with Gasteiger partial charge in [0, 0.05) is 0 Å². The van der Waals surface area contributed by atoms with Crippen LogP contribution in [0.3, 0.4) is 0 Å². The number of aliphatic imine (C=N–C) groups is 1. The normalized spacial score (nSPS) is 18.7. The summed E-state index contributed by atoms with van der Waals surface area (Å²) in [6.07, 6.45) is 22.5. The molecule has 3 N–H and O–H groups in total. The summed E-state index contributed by atoms with van der Waals surface area (Å²) in [5, 5.41) is 0. The third-order valence-corrected chi connectivity index (χ3v) is 2.90. The first-order valence-electron chi connectivity index (χ1n) is 6.46. The smallest absolute Gasteiger partial charge is 0.138 e. The number of nitrogens with zero attached hydrogens (tertiary/aromatic N) is 1. The molecule has 0 saturated heterocycles. The summed E-state index contributed by atoms with van der Waals surface area (Å²) in [6, 6.07) is 0. The second-order valence-corrected chi connectivity index (χ2v) is 4.33. The summed E-state index contributed by atoms with van der Waals surface area (Å²) in [6.45, 7) is 0.630. The minimum atomic E-state index is 0.630. The van der Waals surface area contributed by atoms with Crippen LogP contribution in [0.4, 0.5) is 0 Å². The number of nitrogens with one attached hydrogen (secondary N) is 1. The molecule has 19 heavy (non-hydrogen) atoms. The minimum absolute atomic E-state index is 0.630. The molecule has 0 aromatic heterocycles. The van der Waals surface area contributed by atoms with Gasteiger partial charge in [0.1, 0.15) is 5.84 Å². The lowest BCUT2D eigenvalue weighted by molar-refractivity contribution is 0.988. The van der Waals surface area contributed by atoms with Crippen LogP contribution >= 0.6 is 0 Å². The summed E-state index contributed by atoms with van der Waals surface area (Å²) >= 11 is 0. The quantitative estimate of drug-likeness (QED) is 0.352. The fourth-order valence-corrected chi connectivity index (χ4v) is 1.89. The number of allylic oxidation sites excluding steroid dienone is 9. The second kappa shape index (κ2) is 7.34. The highest BCUT2D eigenvalue weighted by Crippen LogP contribution is 2.10. The van der Waals surface area contributed by atoms with Crippen molar-refractivity contribution in [2.45, 2.75) is 12.8 Å². The standard InChI is InChI=1S/C16H19N3/c17-19-16(15-11-7-3-4-8-12-15)18-13-14-9-5-1-2-6-10-14/h1,3-11H,2,12-13,17H2,(H,18,19). The van der Waals surface area contributed by atoms with Gasteiger partial charge in [-0.3, -0.25) is 4.99 Å². The lowest BCUT2D eigenvalue weighted by Crippen LogP contribution is -2.32. The van der Waals surface area contributed by atoms with Gasteiger partial charge in [-0.15, -0.1) is 0 Å². The van der Waals surface area contributed by atoms with E-state index >= 15 is 0 Å². The lowest BCUT2D eigenvalue weighted by Gasteiger charge is -2.08. The highest BCUT2D eigenvalue weighted by Gasteiger charge is 2.04. The van der Waals surface area contributed by atoms with E-state index in [2.05, 4.69) is 46.9 Å². The van der Waals surface area contributed by atoms with Crippen LogP contribution in [0.15, 0.2) is 76.9 Å². The molecule has 2 aliphatic carbocycles. The summed E-state index contributed by atoms with van der Waals surface area (Å²) < 4.78 is 0. The monoisotopic (exact) mass is 253 g/mol. The Kier molecular flexibility index (Phi) is 5.14. The molecule has 0 aromatic rings. The Morgan fingerprint density at radius 3 is 2.95 bits per heavy atom. The van der Waals surface area contributed by atoms with Crippen molar-refractivity contribution in [3.63, 3.8) is 0 Å². The largest absolute Gasteiger partial charge is 0.309 e. The van der Waals surface area contributed by atoms with Crippen LogP contribution < -0.4 is 11.3 Å². The third kappa shape index (κ3) is 4.23. The predicted octanol–water partition coefficient (Wildman–Crippen LogP) is 2.73. The van der Waals surface area contributed by atoms with Crippen LogP contribution in [-0.2, 0) is 0 Å². The zero-order valence-electron chi connectivity index (χ0n) is 10.9. The van der Waals surface area contributed by atoms with Crippen LogP contribution in [0, 0.1) is 0 Å². The van der Waals surface area contributed by atoms with Gasteiger partial charge in [-0.2, -0.15) is 0 Å². The van der Waals surface area contributed by atoms with Gasteiger partial charge in [0.05, 0.1) is 6.54 Å². The van der Waals surface area contributed by atoms with Crippen LogP contribution in [0.2, 0.25) is 0 Å². The summed E-state index contributed by atoms with van der Waals surface area (Å²) in [5.74, 6) is 6.33. The number of hydrogen-bond donors (Lipinski definition) is 2. The average molecular weight is 253 g/mol. The van der Waals surface area contributed by atoms with E-state index in [9.17, 15) is 0 Å². The van der Waals surface area contributed by atoms with Crippen molar-refractivity contribution in [1.82, 2.24) is 5.43 Å². The van der Waals surface area contributed by atoms with Crippen molar-refractivity contribution < 1.29 is 0 Å². The molecule has 2 rings (SSSR count). The molecular weight excluding hydrogens is 234 g/mol. The molecule has 0 fully saturated rings. The molecule has 0 saturated carbocycles. The third-order valence-electron chi connectivity index (χ3n) is 2.90. The zero-order chi connectivity index (χ0) is 13.3. The Hall–Kier alpha value is -2.13. The van der Waals surface area contributed by atoms with Crippen molar-refractivity contribution in [3.05, 3.63) is 71.9 Å². The first-order valence-corrected chi connectivity index (χ1v) is 6.46. The molecule has 0 bridgehead atoms. The molecule has 0 spiro atoms. The second-order valence-electron chi connectivity index (χ2n) is 4.33. The van der Waals surface area contributed by atoms with Gasteiger partial charge in [0.2, 0.25) is 0 Å². The first-order chi connectivity index (χ1) is 9.40. The topological polar surface area (TPSA) is 50.4 Å². The lowest BCUT2D eigenvalue weighted by atomic mass is 10.1. The van der Waals surface area contributed by atoms with E-state index in [0.717, 1.165) is 24.3 Å². The number of hydrogen-bond acceptors (Lipinski definition) is 2. The molecular formula is C16H19N3. The summed E-state index contributed by atoms with van der Waals surface area (Å²) in [5.41, 5.74) is 4.98. The van der Waals surface area contributed by atoms with Gasteiger partial charge in [-0.05, 0) is 24.0 Å². The van der Waals surface area contributed by atoms with E-state index in [4.69, 9.17) is 5.84 Å². The Bertz CT molecular complexity index is 514. The molecule has 0 heterocycles. The van der Waals surface area contributed by atoms with Gasteiger partial charge >= 0.3 is 0 Å². The van der Waals surface area contributed by atoms with E-state index in [-0.39, 0.29) is 0 Å². The maximum atomic E-state index is 5.58. The van der Waals surface area contributed by atoms with E-state index in [1.165, 1.54) is 5.57 Å². The number of amidine groups is 1. The number of rotatable bonds is 3. The number of hydrazine groups is 1. The molecule has 3 heteroatoms. The molecule has 0 atom stereocenters. The highest BCUT2D eigenvalue weighted by molar-refractivity contribution is 5.98. The van der Waals surface area contributed by atoms with Crippen LogP contribution in [0.25, 0.3) is 0 Å². The fourth-order valence-electron chi connectivity index (χ4n) is 1.89. The molecule has 0 unspecified atom stereocenters. The van der Waals surface area contributed by atoms with E-state index in [0.29, 0.717) is 6.54 Å². The zero-order valence-corrected chi connectivity index (χ0v) is 10.9. The fraction of sp³-hybridized carbons (Fsp3) is 0.188. The Morgan fingerprint density at radius 1 is 1.11 bits per heavy atom. The Morgan fingerprint density at radius 2 is 2.05 bits per heavy atom. The van der Waals surface area contributed by atoms with Gasteiger partial charge in [-0.1, -0.05) is 60.8 Å². The van der Waals surface area contributed by atoms with Crippen molar-refractivity contribution >= 4 is 5.84 Å². The number of nitrogens with two attached hydrogens (primary N) is 1. The van der Waals surface area contributed by atoms with Crippen LogP contribution in [-0.4, -0.2) is 12.4 Å². The van der Waals surface area contributed by atoms with Crippen molar-refractivity contribution in [3.8, 4) is 0 Å². The molecule has 0 radical (unpaired) electrons. The average Bonchev–Trinajstić information content (AvgIpc) is 2.84. The van der Waals surface area contributed by atoms with Crippen molar-refractivity contribution in [1.29, 1.82) is 0 Å². The van der Waals surface area contributed by atoms with Gasteiger partial charge < -0.3 is 5.43 Å². The molecule has 2 aliphatic rings. The maximum Gasteiger partial charge on any atom is 0.138 e. The van der Waals surface area contributed by atoms with Crippen LogP contribution in [0.1, 0.15) is 12.8 Å². The molecule has 0 aromatic carbocycles. The van der Waals surface area contributed by atoms with Crippen molar-refractivity contribution in [2.75, 3.05) is 6.54 Å². The molecule has 98 valence electrons. The van der Waals surface area contributed by atoms with E-state index in [1.54, 1.807) is 0 Å². The van der Waals surface area contributed by atoms with Crippen molar-refractivity contribution in [2.24, 2.45) is 10.8 Å². The van der Waals surface area contributed by atoms with E-state index in [1.807, 2.05) is 24.3 Å². The maximum absolute atomic E-state index is 5.58. The van der Waals surface area contributed by atoms with Gasteiger partial charge in [0.15, 0.2) is 0 Å². The summed E-state index contributed by atoms with van der Waals surface area (Å²) in [4.78, 5) is 4.56. The SMILES string of the molecule is NNC(=NCC1=CC=CCC=C1)C1=CC=CC=CC1. The predicted molar refractivity (Wildman–Crippen MR) is 81.6 cm³/mol. The first kappa shape index (κ1) is 13.3. The van der Waals surface area contributed by atoms with E-state index < -0.39 is 0 Å². The highest BCUT2D eigenvalue weighted by atomic mass is 15.2.